The Balaban J connectivity index is 2.18. The summed E-state index contributed by atoms with van der Waals surface area (Å²) in [5.74, 6) is -2.18. The summed E-state index contributed by atoms with van der Waals surface area (Å²) in [6.07, 6.45) is 35.4. The summed E-state index contributed by atoms with van der Waals surface area (Å²) < 4.78 is 35.5. The monoisotopic (exact) mass is 1120 g/mol. The third-order valence-electron chi connectivity index (χ3n) is 15.5. The standard InChI is InChI=1S/C65H117NO11Si/c1-7-10-13-16-19-22-24-25-28-30-33-39-44-56(43-38-32-29-27-23-20-17-14-11-8-2)65(71)77-64-58(52-73-59(63(64)70)53-75-62(69)47-46-61(68)74-51-55-41-36-35-37-42-55)66-60(67)50-57(76-54-72-48-49-78(4,5)6)45-40-34-31-26-21-18-15-12-9-3/h35-37,41-42,56-59,63-64,70H,7-34,38-40,43-54H2,1-6H3,(H,66,67)/t56?,57-,58+,59-,63-,64-/m1/s1. The average molecular weight is 1120 g/mol. The number of unbranched alkanes of at least 4 members (excludes halogenated alkanes) is 28. The van der Waals surface area contributed by atoms with E-state index in [-0.39, 0.29) is 69.8 Å². The largest absolute Gasteiger partial charge is 0.463 e. The van der Waals surface area contributed by atoms with Crippen LogP contribution in [0.1, 0.15) is 264 Å². The maximum absolute atomic E-state index is 14.5. The van der Waals surface area contributed by atoms with Crippen molar-refractivity contribution in [1.82, 2.24) is 5.32 Å². The molecule has 1 saturated heterocycles. The van der Waals surface area contributed by atoms with E-state index < -0.39 is 44.4 Å². The smallest absolute Gasteiger partial charge is 0.309 e. The molecule has 1 aliphatic heterocycles. The molecule has 12 nitrogen and oxygen atoms in total. The number of rotatable bonds is 52. The van der Waals surface area contributed by atoms with E-state index in [4.69, 9.17) is 28.4 Å². The summed E-state index contributed by atoms with van der Waals surface area (Å²) in [5, 5.41) is 15.1. The molecule has 1 aliphatic rings. The van der Waals surface area contributed by atoms with Crippen molar-refractivity contribution in [3.63, 3.8) is 0 Å². The third-order valence-corrected chi connectivity index (χ3v) is 17.2. The average Bonchev–Trinajstić information content (AvgIpc) is 3.42. The van der Waals surface area contributed by atoms with E-state index in [1.54, 1.807) is 0 Å². The molecule has 0 saturated carbocycles. The van der Waals surface area contributed by atoms with Crippen LogP contribution in [0.5, 0.6) is 0 Å². The Morgan fingerprint density at radius 2 is 1.06 bits per heavy atom. The lowest BCUT2D eigenvalue weighted by Gasteiger charge is -2.40. The molecule has 0 aliphatic carbocycles. The Hall–Kier alpha value is -2.84. The zero-order chi connectivity index (χ0) is 56.7. The fraction of sp³-hybridized carbons (Fsp3) is 0.846. The molecule has 0 aromatic heterocycles. The van der Waals surface area contributed by atoms with Crippen LogP contribution in [-0.4, -0.2) is 94.1 Å². The van der Waals surface area contributed by atoms with Crippen molar-refractivity contribution in [3.05, 3.63) is 35.9 Å². The molecular formula is C65H117NO11Si. The highest BCUT2D eigenvalue weighted by Crippen LogP contribution is 2.27. The maximum atomic E-state index is 14.5. The number of carbonyl (C=O) groups excluding carboxylic acids is 4. The minimum Gasteiger partial charge on any atom is -0.463 e. The number of nitrogens with one attached hydrogen (secondary N) is 1. The predicted molar refractivity (Wildman–Crippen MR) is 320 cm³/mol. The van der Waals surface area contributed by atoms with Crippen molar-refractivity contribution in [2.24, 2.45) is 5.92 Å². The summed E-state index contributed by atoms with van der Waals surface area (Å²) in [4.78, 5) is 54.0. The van der Waals surface area contributed by atoms with Gasteiger partial charge >= 0.3 is 17.9 Å². The summed E-state index contributed by atoms with van der Waals surface area (Å²) in [6.45, 7) is 14.1. The van der Waals surface area contributed by atoms with Crippen LogP contribution in [0.2, 0.25) is 25.7 Å². The molecular weight excluding hydrogens is 999 g/mol. The SMILES string of the molecule is CCCCCCCCCCCCCCC(CCCCCCCCCCCC)C(=O)O[C@H]1[C@H](O)[C@@H](COC(=O)CCC(=O)OCc2ccccc2)OC[C@@H]1NC(=O)C[C@@H](CCCCCCCCCCC)OCOCC[Si](C)(C)C. The number of ether oxygens (including phenoxy) is 6. The molecule has 0 radical (unpaired) electrons. The first-order chi connectivity index (χ1) is 37.9. The molecule has 1 amide bonds. The van der Waals surface area contributed by atoms with Crippen LogP contribution in [0.15, 0.2) is 30.3 Å². The van der Waals surface area contributed by atoms with Crippen LogP contribution >= 0.6 is 0 Å². The number of aliphatic hydroxyl groups excluding tert-OH is 1. The van der Waals surface area contributed by atoms with Gasteiger partial charge in [-0.25, -0.2) is 0 Å². The molecule has 1 aromatic rings. The van der Waals surface area contributed by atoms with Crippen LogP contribution in [-0.2, 0) is 54.2 Å². The second-order valence-corrected chi connectivity index (χ2v) is 29.7. The Morgan fingerprint density at radius 1 is 0.615 bits per heavy atom. The van der Waals surface area contributed by atoms with Crippen LogP contribution in [0, 0.1) is 5.92 Å². The van der Waals surface area contributed by atoms with Crippen molar-refractivity contribution >= 4 is 31.9 Å². The molecule has 1 heterocycles. The van der Waals surface area contributed by atoms with Gasteiger partial charge in [-0.1, -0.05) is 270 Å². The molecule has 452 valence electrons. The Bertz CT molecular complexity index is 1610. The van der Waals surface area contributed by atoms with E-state index >= 15 is 0 Å². The molecule has 0 bridgehead atoms. The number of hydrogen-bond donors (Lipinski definition) is 2. The first-order valence-corrected chi connectivity index (χ1v) is 35.9. The van der Waals surface area contributed by atoms with E-state index in [1.165, 1.54) is 141 Å². The lowest BCUT2D eigenvalue weighted by atomic mass is 9.93. The van der Waals surface area contributed by atoms with Crippen LogP contribution in [0.3, 0.4) is 0 Å². The summed E-state index contributed by atoms with van der Waals surface area (Å²) >= 11 is 0. The quantitative estimate of drug-likeness (QED) is 0.0210. The Labute approximate surface area is 477 Å². The molecule has 1 fully saturated rings. The van der Waals surface area contributed by atoms with Crippen molar-refractivity contribution in [3.8, 4) is 0 Å². The lowest BCUT2D eigenvalue weighted by Crippen LogP contribution is -2.62. The van der Waals surface area contributed by atoms with E-state index in [1.807, 2.05) is 30.3 Å². The van der Waals surface area contributed by atoms with Crippen molar-refractivity contribution in [2.75, 3.05) is 26.6 Å². The number of benzene rings is 1. The Kier molecular flexibility index (Phi) is 43.6. The Morgan fingerprint density at radius 3 is 1.54 bits per heavy atom. The molecule has 2 rings (SSSR count). The van der Waals surface area contributed by atoms with Gasteiger partial charge < -0.3 is 38.8 Å². The zero-order valence-electron chi connectivity index (χ0n) is 50.8. The zero-order valence-corrected chi connectivity index (χ0v) is 51.8. The van der Waals surface area contributed by atoms with Gasteiger partial charge in [0.25, 0.3) is 0 Å². The van der Waals surface area contributed by atoms with Gasteiger partial charge in [0.1, 0.15) is 32.2 Å². The van der Waals surface area contributed by atoms with Crippen molar-refractivity contribution < 1.29 is 52.7 Å². The second-order valence-electron chi connectivity index (χ2n) is 24.1. The van der Waals surface area contributed by atoms with Crippen LogP contribution in [0.4, 0.5) is 0 Å². The highest BCUT2D eigenvalue weighted by atomic mass is 28.3. The second kappa shape index (κ2) is 47.8. The van der Waals surface area contributed by atoms with Crippen molar-refractivity contribution in [1.29, 1.82) is 0 Å². The first-order valence-electron chi connectivity index (χ1n) is 32.2. The van der Waals surface area contributed by atoms with Gasteiger partial charge in [-0.15, -0.1) is 0 Å². The van der Waals surface area contributed by atoms with Gasteiger partial charge in [-0.3, -0.25) is 19.2 Å². The van der Waals surface area contributed by atoms with E-state index in [2.05, 4.69) is 45.7 Å². The minimum atomic E-state index is -1.41. The van der Waals surface area contributed by atoms with Gasteiger partial charge in [0.2, 0.25) is 5.91 Å². The number of amides is 1. The normalized spacial score (nSPS) is 17.4. The van der Waals surface area contributed by atoms with E-state index in [0.29, 0.717) is 25.9 Å². The minimum absolute atomic E-state index is 0.0692. The van der Waals surface area contributed by atoms with Crippen molar-refractivity contribution in [2.45, 2.75) is 321 Å². The lowest BCUT2D eigenvalue weighted by molar-refractivity contribution is -0.198. The molecule has 1 unspecified atom stereocenters. The van der Waals surface area contributed by atoms with E-state index in [9.17, 15) is 24.3 Å². The maximum Gasteiger partial charge on any atom is 0.309 e. The molecule has 0 spiro atoms. The van der Waals surface area contributed by atoms with Crippen LogP contribution in [0.25, 0.3) is 0 Å². The summed E-state index contributed by atoms with van der Waals surface area (Å²) in [6, 6.07) is 9.49. The fourth-order valence-electron chi connectivity index (χ4n) is 10.3. The third kappa shape index (κ3) is 38.7. The highest BCUT2D eigenvalue weighted by molar-refractivity contribution is 6.76. The van der Waals surface area contributed by atoms with Gasteiger partial charge in [0, 0.05) is 14.7 Å². The first kappa shape index (κ1) is 71.3. The molecule has 1 aromatic carbocycles. The number of carbonyl (C=O) groups is 4. The van der Waals surface area contributed by atoms with Gasteiger partial charge in [0.05, 0.1) is 43.9 Å². The van der Waals surface area contributed by atoms with Gasteiger partial charge in [0.15, 0.2) is 6.10 Å². The fourth-order valence-corrected chi connectivity index (χ4v) is 11.0. The van der Waals surface area contributed by atoms with Crippen LogP contribution < -0.4 is 5.32 Å². The number of aliphatic hydroxyl groups is 1. The number of esters is 3. The molecule has 2 N–H and O–H groups in total. The summed E-state index contributed by atoms with van der Waals surface area (Å²) in [7, 11) is -1.29. The molecule has 13 heteroatoms. The summed E-state index contributed by atoms with van der Waals surface area (Å²) in [5.41, 5.74) is 0.844. The van der Waals surface area contributed by atoms with Gasteiger partial charge in [-0.05, 0) is 30.9 Å². The predicted octanol–water partition coefficient (Wildman–Crippen LogP) is 16.2. The van der Waals surface area contributed by atoms with Gasteiger partial charge in [-0.2, -0.15) is 0 Å². The topological polar surface area (TPSA) is 156 Å². The molecule has 78 heavy (non-hydrogen) atoms. The molecule has 6 atom stereocenters. The highest BCUT2D eigenvalue weighted by Gasteiger charge is 2.44. The van der Waals surface area contributed by atoms with E-state index in [0.717, 1.165) is 69.4 Å². The number of hydrogen-bond acceptors (Lipinski definition) is 11.